The third-order valence-corrected chi connectivity index (χ3v) is 5.30. The highest BCUT2D eigenvalue weighted by atomic mass is 16.6. The van der Waals surface area contributed by atoms with Crippen molar-refractivity contribution < 1.29 is 19.4 Å². The molecule has 1 N–H and O–H groups in total. The van der Waals surface area contributed by atoms with Gasteiger partial charge in [-0.1, -0.05) is 36.4 Å². The number of hydrogen-bond acceptors (Lipinski definition) is 4. The molecule has 1 heterocycles. The Hall–Kier alpha value is -2.53. The number of carbonyl (C=O) groups excluding carboxylic acids is 1. The number of nitrogens with zero attached hydrogens (tertiary/aromatic N) is 1. The molecule has 0 unspecified atom stereocenters. The highest BCUT2D eigenvalue weighted by molar-refractivity contribution is 5.68. The molecule has 1 aliphatic heterocycles. The van der Waals surface area contributed by atoms with Gasteiger partial charge in [0.1, 0.15) is 11.4 Å². The van der Waals surface area contributed by atoms with Crippen molar-refractivity contribution in [2.24, 2.45) is 0 Å². The fraction of sp³-hybridized carbons (Fsp3) is 0.458. The van der Waals surface area contributed by atoms with E-state index in [1.807, 2.05) is 45.0 Å². The number of ether oxygens (including phenoxy) is 2. The summed E-state index contributed by atoms with van der Waals surface area (Å²) in [5, 5.41) is 11.1. The van der Waals surface area contributed by atoms with Crippen LogP contribution in [0.25, 0.3) is 0 Å². The molecule has 0 saturated carbocycles. The molecule has 1 amide bonds. The molecule has 1 aliphatic rings. The molecule has 0 aliphatic carbocycles. The fourth-order valence-electron chi connectivity index (χ4n) is 3.59. The van der Waals surface area contributed by atoms with E-state index < -0.39 is 11.2 Å². The number of benzene rings is 2. The van der Waals surface area contributed by atoms with Gasteiger partial charge in [-0.25, -0.2) is 4.79 Å². The van der Waals surface area contributed by atoms with Crippen molar-refractivity contribution in [1.82, 2.24) is 4.90 Å². The van der Waals surface area contributed by atoms with Crippen LogP contribution in [0.2, 0.25) is 0 Å². The molecule has 1 saturated heterocycles. The molecule has 2 aromatic rings. The summed E-state index contributed by atoms with van der Waals surface area (Å²) in [7, 11) is 1.66. The highest BCUT2D eigenvalue weighted by Gasteiger charge is 2.36. The Balaban J connectivity index is 1.60. The van der Waals surface area contributed by atoms with Crippen LogP contribution in [0.4, 0.5) is 4.79 Å². The van der Waals surface area contributed by atoms with Gasteiger partial charge in [0, 0.05) is 13.1 Å². The van der Waals surface area contributed by atoms with Crippen molar-refractivity contribution >= 4 is 6.09 Å². The SMILES string of the molecule is COc1ccc(Cc2ccc(C3(O)CCN(C(=O)OC(C)(C)C)CC3)cc2)cc1. The van der Waals surface area contributed by atoms with E-state index in [4.69, 9.17) is 9.47 Å². The lowest BCUT2D eigenvalue weighted by atomic mass is 9.84. The number of methoxy groups -OCH3 is 1. The number of piperidine rings is 1. The number of amides is 1. The molecule has 1 fully saturated rings. The molecule has 0 aromatic heterocycles. The van der Waals surface area contributed by atoms with Gasteiger partial charge in [0.05, 0.1) is 12.7 Å². The summed E-state index contributed by atoms with van der Waals surface area (Å²) in [5.41, 5.74) is 1.89. The molecule has 3 rings (SSSR count). The van der Waals surface area contributed by atoms with E-state index in [0.29, 0.717) is 25.9 Å². The summed E-state index contributed by atoms with van der Waals surface area (Å²) < 4.78 is 10.6. The predicted octanol–water partition coefficient (Wildman–Crippen LogP) is 4.50. The number of carbonyl (C=O) groups is 1. The van der Waals surface area contributed by atoms with Crippen molar-refractivity contribution in [3.63, 3.8) is 0 Å². The lowest BCUT2D eigenvalue weighted by molar-refractivity contribution is -0.0356. The number of hydrogen-bond donors (Lipinski definition) is 1. The van der Waals surface area contributed by atoms with Crippen LogP contribution in [0, 0.1) is 0 Å². The largest absolute Gasteiger partial charge is 0.497 e. The van der Waals surface area contributed by atoms with Crippen LogP contribution in [0.5, 0.6) is 5.75 Å². The van der Waals surface area contributed by atoms with Gasteiger partial charge in [0.15, 0.2) is 0 Å². The second kappa shape index (κ2) is 8.46. The van der Waals surface area contributed by atoms with Gasteiger partial charge < -0.3 is 19.5 Å². The molecule has 2 aromatic carbocycles. The Kier molecular flexibility index (Phi) is 6.18. The minimum absolute atomic E-state index is 0.311. The molecular formula is C24H31NO4. The maximum absolute atomic E-state index is 12.2. The molecule has 0 spiro atoms. The zero-order chi connectivity index (χ0) is 21.1. The van der Waals surface area contributed by atoms with Gasteiger partial charge in [-0.3, -0.25) is 0 Å². The zero-order valence-corrected chi connectivity index (χ0v) is 17.8. The quantitative estimate of drug-likeness (QED) is 0.825. The normalized spacial score (nSPS) is 16.4. The van der Waals surface area contributed by atoms with Crippen molar-refractivity contribution in [2.75, 3.05) is 20.2 Å². The predicted molar refractivity (Wildman–Crippen MR) is 113 cm³/mol. The van der Waals surface area contributed by atoms with E-state index >= 15 is 0 Å². The van der Waals surface area contributed by atoms with Crippen molar-refractivity contribution in [3.8, 4) is 5.75 Å². The van der Waals surface area contributed by atoms with Crippen LogP contribution >= 0.6 is 0 Å². The summed E-state index contributed by atoms with van der Waals surface area (Å²) in [6, 6.07) is 16.2. The third-order valence-electron chi connectivity index (χ3n) is 5.30. The minimum Gasteiger partial charge on any atom is -0.497 e. The van der Waals surface area contributed by atoms with E-state index in [-0.39, 0.29) is 6.09 Å². The van der Waals surface area contributed by atoms with E-state index in [2.05, 4.69) is 24.3 Å². The van der Waals surface area contributed by atoms with E-state index in [0.717, 1.165) is 17.7 Å². The lowest BCUT2D eigenvalue weighted by Crippen LogP contribution is -2.46. The van der Waals surface area contributed by atoms with Crippen LogP contribution in [-0.4, -0.2) is 41.9 Å². The fourth-order valence-corrected chi connectivity index (χ4v) is 3.59. The number of aliphatic hydroxyl groups is 1. The highest BCUT2D eigenvalue weighted by Crippen LogP contribution is 2.33. The summed E-state index contributed by atoms with van der Waals surface area (Å²) >= 11 is 0. The van der Waals surface area contributed by atoms with Crippen molar-refractivity contribution in [1.29, 1.82) is 0 Å². The van der Waals surface area contributed by atoms with Gasteiger partial charge in [0.25, 0.3) is 0 Å². The van der Waals surface area contributed by atoms with Gasteiger partial charge in [0.2, 0.25) is 0 Å². The Bertz CT molecular complexity index is 813. The monoisotopic (exact) mass is 397 g/mol. The summed E-state index contributed by atoms with van der Waals surface area (Å²) in [6.45, 7) is 6.55. The first-order valence-corrected chi connectivity index (χ1v) is 10.1. The first-order chi connectivity index (χ1) is 13.7. The van der Waals surface area contributed by atoms with Crippen LogP contribution in [0.3, 0.4) is 0 Å². The number of rotatable bonds is 4. The van der Waals surface area contributed by atoms with Crippen LogP contribution in [-0.2, 0) is 16.8 Å². The average Bonchev–Trinajstić information content (AvgIpc) is 2.68. The van der Waals surface area contributed by atoms with E-state index in [1.165, 1.54) is 11.1 Å². The standard InChI is InChI=1S/C24H31NO4/c1-23(2,3)29-22(26)25-15-13-24(27,14-16-25)20-9-5-18(6-10-20)17-19-7-11-21(28-4)12-8-19/h5-12,27H,13-17H2,1-4H3. The minimum atomic E-state index is -0.906. The average molecular weight is 398 g/mol. The molecule has 156 valence electrons. The van der Waals surface area contributed by atoms with E-state index in [9.17, 15) is 9.90 Å². The molecule has 0 bridgehead atoms. The molecule has 29 heavy (non-hydrogen) atoms. The Morgan fingerprint density at radius 2 is 1.52 bits per heavy atom. The van der Waals surface area contributed by atoms with Gasteiger partial charge in [-0.05, 0) is 68.9 Å². The van der Waals surface area contributed by atoms with Gasteiger partial charge in [-0.2, -0.15) is 0 Å². The van der Waals surface area contributed by atoms with Gasteiger partial charge >= 0.3 is 6.09 Å². The Labute approximate surface area is 173 Å². The third kappa shape index (κ3) is 5.51. The Morgan fingerprint density at radius 1 is 1.00 bits per heavy atom. The van der Waals surface area contributed by atoms with E-state index in [1.54, 1.807) is 12.0 Å². The smallest absolute Gasteiger partial charge is 0.410 e. The number of likely N-dealkylation sites (tertiary alicyclic amines) is 1. The molecular weight excluding hydrogens is 366 g/mol. The summed E-state index contributed by atoms with van der Waals surface area (Å²) in [6.07, 6.45) is 1.53. The zero-order valence-electron chi connectivity index (χ0n) is 17.8. The van der Waals surface area contributed by atoms with Crippen LogP contribution < -0.4 is 4.74 Å². The first kappa shape index (κ1) is 21.2. The second-order valence-electron chi connectivity index (χ2n) is 8.72. The van der Waals surface area contributed by atoms with Gasteiger partial charge in [-0.15, -0.1) is 0 Å². The van der Waals surface area contributed by atoms with Crippen LogP contribution in [0.15, 0.2) is 48.5 Å². The summed E-state index contributed by atoms with van der Waals surface area (Å²) in [4.78, 5) is 13.9. The van der Waals surface area contributed by atoms with Crippen molar-refractivity contribution in [3.05, 3.63) is 65.2 Å². The second-order valence-corrected chi connectivity index (χ2v) is 8.72. The maximum atomic E-state index is 12.2. The topological polar surface area (TPSA) is 59.0 Å². The molecule has 5 heteroatoms. The molecule has 0 radical (unpaired) electrons. The molecule has 5 nitrogen and oxygen atoms in total. The maximum Gasteiger partial charge on any atom is 0.410 e. The van der Waals surface area contributed by atoms with Crippen molar-refractivity contribution in [2.45, 2.75) is 51.2 Å². The van der Waals surface area contributed by atoms with Crippen LogP contribution in [0.1, 0.15) is 50.3 Å². The Morgan fingerprint density at radius 3 is 2.00 bits per heavy atom. The lowest BCUT2D eigenvalue weighted by Gasteiger charge is -2.39. The summed E-state index contributed by atoms with van der Waals surface area (Å²) in [5.74, 6) is 0.851. The molecule has 0 atom stereocenters. The first-order valence-electron chi connectivity index (χ1n) is 10.1.